The molecule has 16 heavy (non-hydrogen) atoms. The van der Waals surface area contributed by atoms with E-state index in [1.807, 2.05) is 25.1 Å². The van der Waals surface area contributed by atoms with Gasteiger partial charge in [-0.25, -0.2) is 0 Å². The molecule has 0 atom stereocenters. The number of hydrogen-bond donors (Lipinski definition) is 1. The van der Waals surface area contributed by atoms with E-state index in [0.717, 1.165) is 30.8 Å². The molecule has 0 heterocycles. The summed E-state index contributed by atoms with van der Waals surface area (Å²) in [4.78, 5) is 0. The molecule has 0 saturated heterocycles. The SMILES string of the molecule is C=C(C)COc1ccccc1CNCCC. The maximum Gasteiger partial charge on any atom is 0.124 e. The third-order valence-electron chi connectivity index (χ3n) is 2.19. The van der Waals surface area contributed by atoms with Crippen molar-refractivity contribution in [1.82, 2.24) is 5.32 Å². The van der Waals surface area contributed by atoms with Gasteiger partial charge in [0.25, 0.3) is 0 Å². The van der Waals surface area contributed by atoms with Crippen LogP contribution in [0, 0.1) is 0 Å². The first-order chi connectivity index (χ1) is 7.74. The minimum atomic E-state index is 0.588. The molecule has 0 bridgehead atoms. The third-order valence-corrected chi connectivity index (χ3v) is 2.19. The van der Waals surface area contributed by atoms with Gasteiger partial charge in [0.15, 0.2) is 0 Å². The van der Waals surface area contributed by atoms with Gasteiger partial charge in [0.1, 0.15) is 12.4 Å². The molecule has 2 heteroatoms. The van der Waals surface area contributed by atoms with Crippen molar-refractivity contribution in [1.29, 1.82) is 0 Å². The lowest BCUT2D eigenvalue weighted by molar-refractivity contribution is 0.347. The lowest BCUT2D eigenvalue weighted by atomic mass is 10.2. The van der Waals surface area contributed by atoms with Crippen LogP contribution >= 0.6 is 0 Å². The third kappa shape index (κ3) is 4.49. The summed E-state index contributed by atoms with van der Waals surface area (Å²) in [7, 11) is 0. The molecular formula is C14H21NO. The molecule has 0 saturated carbocycles. The average molecular weight is 219 g/mol. The monoisotopic (exact) mass is 219 g/mol. The molecule has 1 aromatic rings. The van der Waals surface area contributed by atoms with Crippen molar-refractivity contribution in [2.24, 2.45) is 0 Å². The summed E-state index contributed by atoms with van der Waals surface area (Å²) >= 11 is 0. The molecule has 0 unspecified atom stereocenters. The van der Waals surface area contributed by atoms with Gasteiger partial charge in [-0.2, -0.15) is 0 Å². The second-order valence-electron chi connectivity index (χ2n) is 4.03. The van der Waals surface area contributed by atoms with Gasteiger partial charge in [-0.3, -0.25) is 0 Å². The van der Waals surface area contributed by atoms with Crippen LogP contribution in [-0.2, 0) is 6.54 Å². The summed E-state index contributed by atoms with van der Waals surface area (Å²) in [6.07, 6.45) is 1.15. The number of benzene rings is 1. The smallest absolute Gasteiger partial charge is 0.124 e. The van der Waals surface area contributed by atoms with Gasteiger partial charge in [-0.15, -0.1) is 0 Å². The van der Waals surface area contributed by atoms with E-state index in [9.17, 15) is 0 Å². The molecule has 1 N–H and O–H groups in total. The van der Waals surface area contributed by atoms with Crippen molar-refractivity contribution in [3.05, 3.63) is 42.0 Å². The van der Waals surface area contributed by atoms with Crippen molar-refractivity contribution in [3.8, 4) is 5.75 Å². The highest BCUT2D eigenvalue weighted by molar-refractivity contribution is 5.33. The molecule has 1 aromatic carbocycles. The van der Waals surface area contributed by atoms with E-state index in [4.69, 9.17) is 4.74 Å². The van der Waals surface area contributed by atoms with E-state index >= 15 is 0 Å². The van der Waals surface area contributed by atoms with Gasteiger partial charge in [-0.05, 0) is 31.5 Å². The maximum absolute atomic E-state index is 5.69. The molecule has 0 aliphatic heterocycles. The summed E-state index contributed by atoms with van der Waals surface area (Å²) in [6, 6.07) is 8.13. The number of nitrogens with one attached hydrogen (secondary N) is 1. The summed E-state index contributed by atoms with van der Waals surface area (Å²) < 4.78 is 5.69. The first-order valence-corrected chi connectivity index (χ1v) is 5.80. The molecule has 0 aliphatic rings. The molecule has 2 nitrogen and oxygen atoms in total. The zero-order valence-corrected chi connectivity index (χ0v) is 10.3. The van der Waals surface area contributed by atoms with Gasteiger partial charge in [-0.1, -0.05) is 31.7 Å². The van der Waals surface area contributed by atoms with E-state index in [-0.39, 0.29) is 0 Å². The molecule has 0 fully saturated rings. The topological polar surface area (TPSA) is 21.3 Å². The molecule has 0 aliphatic carbocycles. The van der Waals surface area contributed by atoms with Gasteiger partial charge in [0, 0.05) is 12.1 Å². The Hall–Kier alpha value is -1.28. The summed E-state index contributed by atoms with van der Waals surface area (Å²) in [6.45, 7) is 10.5. The van der Waals surface area contributed by atoms with Crippen LogP contribution in [0.25, 0.3) is 0 Å². The number of rotatable bonds is 7. The predicted octanol–water partition coefficient (Wildman–Crippen LogP) is 3.14. The van der Waals surface area contributed by atoms with Crippen molar-refractivity contribution >= 4 is 0 Å². The lowest BCUT2D eigenvalue weighted by Gasteiger charge is -2.11. The van der Waals surface area contributed by atoms with Crippen LogP contribution in [0.3, 0.4) is 0 Å². The Bertz CT molecular complexity index is 333. The predicted molar refractivity (Wildman–Crippen MR) is 68.7 cm³/mol. The largest absolute Gasteiger partial charge is 0.489 e. The first-order valence-electron chi connectivity index (χ1n) is 5.80. The van der Waals surface area contributed by atoms with Gasteiger partial charge in [0.2, 0.25) is 0 Å². The second kappa shape index (κ2) is 7.07. The fourth-order valence-electron chi connectivity index (χ4n) is 1.39. The highest BCUT2D eigenvalue weighted by Gasteiger charge is 2.01. The number of hydrogen-bond acceptors (Lipinski definition) is 2. The van der Waals surface area contributed by atoms with E-state index in [1.165, 1.54) is 5.56 Å². The van der Waals surface area contributed by atoms with Crippen molar-refractivity contribution < 1.29 is 4.74 Å². The molecule has 1 rings (SSSR count). The fraction of sp³-hybridized carbons (Fsp3) is 0.429. The first kappa shape index (κ1) is 12.8. The number of para-hydroxylation sites is 1. The van der Waals surface area contributed by atoms with Crippen LogP contribution < -0.4 is 10.1 Å². The highest BCUT2D eigenvalue weighted by Crippen LogP contribution is 2.18. The molecular weight excluding hydrogens is 198 g/mol. The average Bonchev–Trinajstić information content (AvgIpc) is 2.28. The molecule has 0 amide bonds. The van der Waals surface area contributed by atoms with Crippen molar-refractivity contribution in [2.75, 3.05) is 13.2 Å². The van der Waals surface area contributed by atoms with Crippen LogP contribution in [0.2, 0.25) is 0 Å². The zero-order valence-electron chi connectivity index (χ0n) is 10.3. The molecule has 0 spiro atoms. The minimum absolute atomic E-state index is 0.588. The van der Waals surface area contributed by atoms with Crippen LogP contribution in [0.5, 0.6) is 5.75 Å². The van der Waals surface area contributed by atoms with Gasteiger partial charge >= 0.3 is 0 Å². The Balaban J connectivity index is 2.56. The normalized spacial score (nSPS) is 10.1. The Morgan fingerprint density at radius 3 is 2.81 bits per heavy atom. The standard InChI is InChI=1S/C14H21NO/c1-4-9-15-10-13-7-5-6-8-14(13)16-11-12(2)3/h5-8,15H,2,4,9-11H2,1,3H3. The second-order valence-corrected chi connectivity index (χ2v) is 4.03. The van der Waals surface area contributed by atoms with Gasteiger partial charge < -0.3 is 10.1 Å². The molecule has 0 radical (unpaired) electrons. The van der Waals surface area contributed by atoms with Crippen LogP contribution in [0.15, 0.2) is 36.4 Å². The van der Waals surface area contributed by atoms with E-state index in [0.29, 0.717) is 6.61 Å². The molecule has 0 aromatic heterocycles. The highest BCUT2D eigenvalue weighted by atomic mass is 16.5. The lowest BCUT2D eigenvalue weighted by Crippen LogP contribution is -2.14. The molecule has 88 valence electrons. The van der Waals surface area contributed by atoms with Gasteiger partial charge in [0.05, 0.1) is 0 Å². The zero-order chi connectivity index (χ0) is 11.8. The van der Waals surface area contributed by atoms with E-state index < -0.39 is 0 Å². The summed E-state index contributed by atoms with van der Waals surface area (Å²) in [5.41, 5.74) is 2.24. The Labute approximate surface area is 98.3 Å². The minimum Gasteiger partial charge on any atom is -0.489 e. The Morgan fingerprint density at radius 1 is 1.38 bits per heavy atom. The Morgan fingerprint density at radius 2 is 2.12 bits per heavy atom. The fourth-order valence-corrected chi connectivity index (χ4v) is 1.39. The van der Waals surface area contributed by atoms with Crippen LogP contribution in [0.4, 0.5) is 0 Å². The quantitative estimate of drug-likeness (QED) is 0.562. The van der Waals surface area contributed by atoms with Crippen molar-refractivity contribution in [2.45, 2.75) is 26.8 Å². The van der Waals surface area contributed by atoms with E-state index in [2.05, 4.69) is 24.9 Å². The maximum atomic E-state index is 5.69. The summed E-state index contributed by atoms with van der Waals surface area (Å²) in [5.74, 6) is 0.953. The van der Waals surface area contributed by atoms with E-state index in [1.54, 1.807) is 0 Å². The van der Waals surface area contributed by atoms with Crippen LogP contribution in [0.1, 0.15) is 25.8 Å². The van der Waals surface area contributed by atoms with Crippen LogP contribution in [-0.4, -0.2) is 13.2 Å². The van der Waals surface area contributed by atoms with Crippen molar-refractivity contribution in [3.63, 3.8) is 0 Å². The number of ether oxygens (including phenoxy) is 1. The summed E-state index contributed by atoms with van der Waals surface area (Å²) in [5, 5.41) is 3.38. The Kier molecular flexibility index (Phi) is 5.65.